The van der Waals surface area contributed by atoms with Crippen molar-refractivity contribution in [2.45, 2.75) is 31.6 Å². The zero-order valence-corrected chi connectivity index (χ0v) is 9.17. The minimum Gasteiger partial charge on any atom is -0.328 e. The Morgan fingerprint density at radius 3 is 1.86 bits per heavy atom. The van der Waals surface area contributed by atoms with Gasteiger partial charge >= 0.3 is 0 Å². The normalized spacial score (nSPS) is 21.2. The molecule has 0 bridgehead atoms. The van der Waals surface area contributed by atoms with Crippen LogP contribution < -0.4 is 5.73 Å². The zero-order valence-electron chi connectivity index (χ0n) is 7.54. The van der Waals surface area contributed by atoms with E-state index in [0.717, 1.165) is 4.90 Å². The van der Waals surface area contributed by atoms with E-state index < -0.39 is 12.7 Å². The van der Waals surface area contributed by atoms with Crippen molar-refractivity contribution in [3.8, 4) is 0 Å². The molecule has 14 heavy (non-hydrogen) atoms. The van der Waals surface area contributed by atoms with Gasteiger partial charge in [0.05, 0.1) is 0 Å². The van der Waals surface area contributed by atoms with Crippen molar-refractivity contribution in [2.75, 3.05) is 13.1 Å². The standard InChI is InChI=1S/C7H13F3N2.2ClH/c8-6(9)7(10)12-3-1-5(11)2-4-12;;/h5-7H,1-4,11H2;2*1H. The largest absolute Gasteiger partial charge is 0.328 e. The Balaban J connectivity index is 0. The van der Waals surface area contributed by atoms with Gasteiger partial charge in [-0.15, -0.1) is 24.8 Å². The molecule has 2 N–H and O–H groups in total. The molecule has 0 amide bonds. The molecule has 0 radical (unpaired) electrons. The molecular formula is C7H15Cl2F3N2. The average molecular weight is 255 g/mol. The van der Waals surface area contributed by atoms with E-state index in [1.54, 1.807) is 0 Å². The Labute approximate surface area is 93.8 Å². The number of hydrogen-bond donors (Lipinski definition) is 1. The third kappa shape index (κ3) is 4.68. The molecule has 0 spiro atoms. The topological polar surface area (TPSA) is 29.3 Å². The van der Waals surface area contributed by atoms with Crippen molar-refractivity contribution in [1.29, 1.82) is 0 Å². The van der Waals surface area contributed by atoms with Gasteiger partial charge in [-0.3, -0.25) is 4.90 Å². The second kappa shape index (κ2) is 7.56. The highest BCUT2D eigenvalue weighted by molar-refractivity contribution is 5.85. The van der Waals surface area contributed by atoms with Crippen LogP contribution in [0.2, 0.25) is 0 Å². The first-order valence-corrected chi connectivity index (χ1v) is 4.03. The lowest BCUT2D eigenvalue weighted by molar-refractivity contribution is -0.0571. The van der Waals surface area contributed by atoms with E-state index in [9.17, 15) is 13.2 Å². The Hall–Kier alpha value is 0.290. The summed E-state index contributed by atoms with van der Waals surface area (Å²) in [6, 6.07) is 0.0473. The van der Waals surface area contributed by atoms with E-state index in [-0.39, 0.29) is 30.9 Å². The maximum absolute atomic E-state index is 12.7. The summed E-state index contributed by atoms with van der Waals surface area (Å²) in [6.07, 6.45) is -3.81. The molecule has 1 aliphatic rings. The highest BCUT2D eigenvalue weighted by Gasteiger charge is 2.29. The zero-order chi connectivity index (χ0) is 9.14. The molecule has 0 aliphatic carbocycles. The van der Waals surface area contributed by atoms with Crippen LogP contribution in [0.25, 0.3) is 0 Å². The SMILES string of the molecule is Cl.Cl.NC1CCN(C(F)C(F)F)CC1. The summed E-state index contributed by atoms with van der Waals surface area (Å²) in [5.41, 5.74) is 5.54. The van der Waals surface area contributed by atoms with Crippen LogP contribution in [0.1, 0.15) is 12.8 Å². The summed E-state index contributed by atoms with van der Waals surface area (Å²) < 4.78 is 36.4. The van der Waals surface area contributed by atoms with Crippen LogP contribution in [-0.2, 0) is 0 Å². The third-order valence-electron chi connectivity index (χ3n) is 2.13. The monoisotopic (exact) mass is 254 g/mol. The molecule has 1 aliphatic heterocycles. The first kappa shape index (κ1) is 16.7. The molecule has 1 rings (SSSR count). The van der Waals surface area contributed by atoms with Gasteiger partial charge in [-0.25, -0.2) is 13.2 Å². The number of alkyl halides is 3. The predicted molar refractivity (Wildman–Crippen MR) is 54.2 cm³/mol. The van der Waals surface area contributed by atoms with E-state index in [4.69, 9.17) is 5.73 Å². The summed E-state index contributed by atoms with van der Waals surface area (Å²) >= 11 is 0. The second-order valence-electron chi connectivity index (χ2n) is 3.08. The molecule has 1 heterocycles. The third-order valence-corrected chi connectivity index (χ3v) is 2.13. The quantitative estimate of drug-likeness (QED) is 0.762. The fourth-order valence-corrected chi connectivity index (χ4v) is 1.33. The lowest BCUT2D eigenvalue weighted by atomic mass is 10.1. The first-order chi connectivity index (χ1) is 5.61. The molecule has 0 aromatic rings. The Morgan fingerprint density at radius 1 is 1.07 bits per heavy atom. The number of rotatable bonds is 2. The molecular weight excluding hydrogens is 240 g/mol. The van der Waals surface area contributed by atoms with Crippen LogP contribution in [0.3, 0.4) is 0 Å². The molecule has 1 saturated heterocycles. The van der Waals surface area contributed by atoms with Crippen molar-refractivity contribution in [1.82, 2.24) is 4.90 Å². The van der Waals surface area contributed by atoms with Gasteiger partial charge in [0.2, 0.25) is 6.30 Å². The van der Waals surface area contributed by atoms with Gasteiger partial charge in [0.25, 0.3) is 6.43 Å². The highest BCUT2D eigenvalue weighted by Crippen LogP contribution is 2.16. The molecule has 88 valence electrons. The van der Waals surface area contributed by atoms with Crippen LogP contribution in [-0.4, -0.2) is 36.8 Å². The van der Waals surface area contributed by atoms with Crippen LogP contribution >= 0.6 is 24.8 Å². The van der Waals surface area contributed by atoms with Crippen LogP contribution in [0, 0.1) is 0 Å². The molecule has 7 heteroatoms. The molecule has 1 unspecified atom stereocenters. The van der Waals surface area contributed by atoms with E-state index >= 15 is 0 Å². The number of nitrogens with two attached hydrogens (primary N) is 1. The van der Waals surface area contributed by atoms with E-state index in [1.807, 2.05) is 0 Å². The summed E-state index contributed by atoms with van der Waals surface area (Å²) in [5, 5.41) is 0. The van der Waals surface area contributed by atoms with Gasteiger partial charge in [-0.2, -0.15) is 0 Å². The second-order valence-corrected chi connectivity index (χ2v) is 3.08. The summed E-state index contributed by atoms with van der Waals surface area (Å²) in [4.78, 5) is 1.15. The van der Waals surface area contributed by atoms with Crippen LogP contribution in [0.5, 0.6) is 0 Å². The van der Waals surface area contributed by atoms with Crippen molar-refractivity contribution in [3.63, 3.8) is 0 Å². The number of hydrogen-bond acceptors (Lipinski definition) is 2. The average Bonchev–Trinajstić information content (AvgIpc) is 2.04. The number of nitrogens with zero attached hydrogens (tertiary/aromatic N) is 1. The Morgan fingerprint density at radius 2 is 1.50 bits per heavy atom. The number of piperidine rings is 1. The van der Waals surface area contributed by atoms with Crippen molar-refractivity contribution >= 4 is 24.8 Å². The number of halogens is 5. The van der Waals surface area contributed by atoms with Gasteiger partial charge in [0.1, 0.15) is 0 Å². The lowest BCUT2D eigenvalue weighted by Crippen LogP contribution is -2.45. The summed E-state index contributed by atoms with van der Waals surface area (Å²) in [6.45, 7) is 0.680. The van der Waals surface area contributed by atoms with Gasteiger partial charge in [-0.1, -0.05) is 0 Å². The smallest absolute Gasteiger partial charge is 0.282 e. The van der Waals surface area contributed by atoms with Crippen molar-refractivity contribution < 1.29 is 13.2 Å². The summed E-state index contributed by atoms with van der Waals surface area (Å²) in [5.74, 6) is 0. The lowest BCUT2D eigenvalue weighted by Gasteiger charge is -2.31. The van der Waals surface area contributed by atoms with Crippen molar-refractivity contribution in [3.05, 3.63) is 0 Å². The highest BCUT2D eigenvalue weighted by atomic mass is 35.5. The predicted octanol–water partition coefficient (Wildman–Crippen LogP) is 1.81. The fourth-order valence-electron chi connectivity index (χ4n) is 1.33. The van der Waals surface area contributed by atoms with Crippen molar-refractivity contribution in [2.24, 2.45) is 5.73 Å². The van der Waals surface area contributed by atoms with E-state index in [2.05, 4.69) is 0 Å². The molecule has 0 aromatic heterocycles. The van der Waals surface area contributed by atoms with Gasteiger partial charge in [0, 0.05) is 19.1 Å². The molecule has 2 nitrogen and oxygen atoms in total. The van der Waals surface area contributed by atoms with E-state index in [1.165, 1.54) is 0 Å². The van der Waals surface area contributed by atoms with Gasteiger partial charge in [0.15, 0.2) is 0 Å². The van der Waals surface area contributed by atoms with Gasteiger partial charge < -0.3 is 5.73 Å². The minimum absolute atomic E-state index is 0. The Kier molecular flexibility index (Phi) is 9.03. The molecule has 0 aromatic carbocycles. The molecule has 0 saturated carbocycles. The summed E-state index contributed by atoms with van der Waals surface area (Å²) in [7, 11) is 0. The van der Waals surface area contributed by atoms with Crippen LogP contribution in [0.15, 0.2) is 0 Å². The Bertz CT molecular complexity index is 143. The maximum Gasteiger partial charge on any atom is 0.282 e. The minimum atomic E-state index is -2.90. The molecule has 1 fully saturated rings. The molecule has 1 atom stereocenters. The fraction of sp³-hybridized carbons (Fsp3) is 1.00. The van der Waals surface area contributed by atoms with Crippen LogP contribution in [0.4, 0.5) is 13.2 Å². The van der Waals surface area contributed by atoms with E-state index in [0.29, 0.717) is 25.9 Å². The number of likely N-dealkylation sites (tertiary alicyclic amines) is 1. The first-order valence-electron chi connectivity index (χ1n) is 4.03. The van der Waals surface area contributed by atoms with Gasteiger partial charge in [-0.05, 0) is 12.8 Å². The maximum atomic E-state index is 12.7.